The molecule has 0 saturated carbocycles. The predicted molar refractivity (Wildman–Crippen MR) is 93.9 cm³/mol. The fraction of sp³-hybridized carbons (Fsp3) is 0.667. The minimum absolute atomic E-state index is 0.135. The summed E-state index contributed by atoms with van der Waals surface area (Å²) >= 11 is 0. The zero-order valence-electron chi connectivity index (χ0n) is 15.2. The smallest absolute Gasteiger partial charge is 0.136 e. The van der Waals surface area contributed by atoms with Gasteiger partial charge in [-0.2, -0.15) is 0 Å². The third kappa shape index (κ3) is 2.33. The zero-order valence-corrected chi connectivity index (χ0v) is 15.2. The van der Waals surface area contributed by atoms with Crippen LogP contribution in [-0.2, 0) is 9.53 Å². The molecule has 0 heterocycles. The van der Waals surface area contributed by atoms with E-state index < -0.39 is 0 Å². The maximum atomic E-state index is 12.3. The Bertz CT molecular complexity index is 609. The molecule has 3 rings (SSSR count). The molecule has 2 nitrogen and oxygen atoms in total. The van der Waals surface area contributed by atoms with Crippen LogP contribution in [0, 0.1) is 22.7 Å². The molecule has 0 aliphatic heterocycles. The number of allylic oxidation sites excluding steroid dienone is 6. The van der Waals surface area contributed by atoms with E-state index in [4.69, 9.17) is 4.74 Å². The van der Waals surface area contributed by atoms with Crippen molar-refractivity contribution in [3.05, 3.63) is 35.1 Å². The molecule has 2 heteroatoms. The Morgan fingerprint density at radius 2 is 2.09 bits per heavy atom. The molecular weight excluding hydrogens is 284 g/mol. The molecule has 0 saturated heterocycles. The number of fused-ring (bicyclic) bond motifs is 3. The SMILES string of the molecule is CCC1C2CC=C3C=C(OC)CCC3(C)C2=CCC1(C)C(C)=O. The van der Waals surface area contributed by atoms with Crippen LogP contribution >= 0.6 is 0 Å². The molecule has 3 aliphatic rings. The fourth-order valence-electron chi connectivity index (χ4n) is 5.28. The molecule has 0 spiro atoms. The van der Waals surface area contributed by atoms with Crippen molar-refractivity contribution in [1.29, 1.82) is 0 Å². The van der Waals surface area contributed by atoms with E-state index in [1.807, 2.05) is 0 Å². The van der Waals surface area contributed by atoms with Crippen molar-refractivity contribution in [3.63, 3.8) is 0 Å². The Balaban J connectivity index is 2.04. The summed E-state index contributed by atoms with van der Waals surface area (Å²) in [5, 5.41) is 0. The van der Waals surface area contributed by atoms with Crippen LogP contribution < -0.4 is 0 Å². The van der Waals surface area contributed by atoms with Gasteiger partial charge in [-0.1, -0.05) is 44.9 Å². The van der Waals surface area contributed by atoms with Crippen molar-refractivity contribution in [3.8, 4) is 0 Å². The summed E-state index contributed by atoms with van der Waals surface area (Å²) in [5.74, 6) is 2.44. The normalized spacial score (nSPS) is 39.4. The summed E-state index contributed by atoms with van der Waals surface area (Å²) in [6.45, 7) is 8.60. The van der Waals surface area contributed by atoms with Crippen LogP contribution in [0.2, 0.25) is 0 Å². The van der Waals surface area contributed by atoms with E-state index in [1.54, 1.807) is 19.6 Å². The number of Topliss-reactive ketones (excluding diaryl/α,β-unsaturated/α-hetero) is 1. The van der Waals surface area contributed by atoms with E-state index >= 15 is 0 Å². The average molecular weight is 314 g/mol. The Kier molecular flexibility index (Phi) is 4.06. The molecule has 4 unspecified atom stereocenters. The van der Waals surface area contributed by atoms with Crippen LogP contribution in [0.3, 0.4) is 0 Å². The Hall–Kier alpha value is -1.31. The first-order valence-electron chi connectivity index (χ1n) is 9.03. The number of carbonyl (C=O) groups excluding carboxylic acids is 1. The highest BCUT2D eigenvalue weighted by molar-refractivity contribution is 5.83. The van der Waals surface area contributed by atoms with Gasteiger partial charge in [-0.3, -0.25) is 4.79 Å². The molecule has 0 bridgehead atoms. The second kappa shape index (κ2) is 5.65. The molecule has 0 aromatic rings. The van der Waals surface area contributed by atoms with E-state index in [0.29, 0.717) is 17.6 Å². The van der Waals surface area contributed by atoms with Crippen molar-refractivity contribution in [1.82, 2.24) is 0 Å². The lowest BCUT2D eigenvalue weighted by Crippen LogP contribution is -2.46. The summed E-state index contributed by atoms with van der Waals surface area (Å²) in [6, 6.07) is 0. The summed E-state index contributed by atoms with van der Waals surface area (Å²) in [5.41, 5.74) is 2.96. The molecule has 0 amide bonds. The lowest BCUT2D eigenvalue weighted by Gasteiger charge is -2.52. The van der Waals surface area contributed by atoms with Crippen LogP contribution in [0.5, 0.6) is 0 Å². The van der Waals surface area contributed by atoms with Crippen molar-refractivity contribution in [2.45, 2.75) is 59.8 Å². The van der Waals surface area contributed by atoms with Gasteiger partial charge in [0.2, 0.25) is 0 Å². The Morgan fingerprint density at radius 1 is 1.35 bits per heavy atom. The van der Waals surface area contributed by atoms with Crippen molar-refractivity contribution >= 4 is 5.78 Å². The minimum atomic E-state index is -0.188. The number of methoxy groups -OCH3 is 1. The van der Waals surface area contributed by atoms with Crippen LogP contribution in [0.15, 0.2) is 35.1 Å². The van der Waals surface area contributed by atoms with Gasteiger partial charge in [-0.15, -0.1) is 0 Å². The second-order valence-corrected chi connectivity index (χ2v) is 8.00. The summed E-state index contributed by atoms with van der Waals surface area (Å²) < 4.78 is 5.48. The van der Waals surface area contributed by atoms with Crippen LogP contribution in [-0.4, -0.2) is 12.9 Å². The highest BCUT2D eigenvalue weighted by atomic mass is 16.5. The zero-order chi connectivity index (χ0) is 16.8. The van der Waals surface area contributed by atoms with E-state index in [1.165, 1.54) is 5.57 Å². The van der Waals surface area contributed by atoms with Gasteiger partial charge in [-0.05, 0) is 49.7 Å². The van der Waals surface area contributed by atoms with Gasteiger partial charge in [0.1, 0.15) is 5.78 Å². The highest BCUT2D eigenvalue weighted by Crippen LogP contribution is 2.59. The van der Waals surface area contributed by atoms with Crippen LogP contribution in [0.4, 0.5) is 0 Å². The van der Waals surface area contributed by atoms with Gasteiger partial charge in [0.15, 0.2) is 0 Å². The van der Waals surface area contributed by atoms with E-state index in [2.05, 4.69) is 39.0 Å². The van der Waals surface area contributed by atoms with Crippen LogP contribution in [0.1, 0.15) is 59.8 Å². The lowest BCUT2D eigenvalue weighted by atomic mass is 9.51. The molecule has 0 aromatic carbocycles. The van der Waals surface area contributed by atoms with Crippen molar-refractivity contribution < 1.29 is 9.53 Å². The van der Waals surface area contributed by atoms with E-state index in [-0.39, 0.29) is 10.8 Å². The largest absolute Gasteiger partial charge is 0.501 e. The number of rotatable bonds is 3. The quantitative estimate of drug-likeness (QED) is 0.668. The van der Waals surface area contributed by atoms with E-state index in [9.17, 15) is 4.79 Å². The summed E-state index contributed by atoms with van der Waals surface area (Å²) in [6.07, 6.45) is 12.2. The van der Waals surface area contributed by atoms with Gasteiger partial charge < -0.3 is 4.74 Å². The summed E-state index contributed by atoms with van der Waals surface area (Å²) in [4.78, 5) is 12.3. The van der Waals surface area contributed by atoms with Gasteiger partial charge in [0.25, 0.3) is 0 Å². The van der Waals surface area contributed by atoms with Crippen LogP contribution in [0.25, 0.3) is 0 Å². The maximum Gasteiger partial charge on any atom is 0.136 e. The highest BCUT2D eigenvalue weighted by Gasteiger charge is 2.51. The number of carbonyl (C=O) groups is 1. The average Bonchev–Trinajstić information content (AvgIpc) is 2.53. The molecule has 0 N–H and O–H groups in total. The first kappa shape index (κ1) is 16.5. The maximum absolute atomic E-state index is 12.3. The number of ether oxygens (including phenoxy) is 1. The molecule has 0 aromatic heterocycles. The lowest BCUT2D eigenvalue weighted by molar-refractivity contribution is -0.130. The molecule has 3 aliphatic carbocycles. The van der Waals surface area contributed by atoms with Crippen molar-refractivity contribution in [2.24, 2.45) is 22.7 Å². The topological polar surface area (TPSA) is 26.3 Å². The standard InChI is InChI=1S/C21H30O2/c1-6-18-17-8-7-15-13-16(23-5)9-11-21(15,4)19(17)10-12-20(18,3)14(2)22/h7,10,13,17-18H,6,8-9,11-12H2,1-5H3. The second-order valence-electron chi connectivity index (χ2n) is 8.00. The Labute approximate surface area is 140 Å². The third-order valence-electron chi connectivity index (χ3n) is 7.01. The van der Waals surface area contributed by atoms with Gasteiger partial charge in [-0.25, -0.2) is 0 Å². The molecule has 23 heavy (non-hydrogen) atoms. The number of hydrogen-bond donors (Lipinski definition) is 0. The minimum Gasteiger partial charge on any atom is -0.501 e. The number of ketones is 1. The van der Waals surface area contributed by atoms with Gasteiger partial charge in [0.05, 0.1) is 12.9 Å². The van der Waals surface area contributed by atoms with Gasteiger partial charge >= 0.3 is 0 Å². The van der Waals surface area contributed by atoms with Crippen molar-refractivity contribution in [2.75, 3.05) is 7.11 Å². The Morgan fingerprint density at radius 3 is 2.70 bits per heavy atom. The molecule has 126 valence electrons. The first-order valence-corrected chi connectivity index (χ1v) is 9.03. The predicted octanol–water partition coefficient (Wildman–Crippen LogP) is 5.21. The summed E-state index contributed by atoms with van der Waals surface area (Å²) in [7, 11) is 1.77. The fourth-order valence-corrected chi connectivity index (χ4v) is 5.28. The number of hydrogen-bond acceptors (Lipinski definition) is 2. The monoisotopic (exact) mass is 314 g/mol. The molecular formula is C21H30O2. The first-order chi connectivity index (χ1) is 10.9. The van der Waals surface area contributed by atoms with E-state index in [0.717, 1.165) is 37.9 Å². The molecule has 4 atom stereocenters. The van der Waals surface area contributed by atoms with Gasteiger partial charge in [0, 0.05) is 17.3 Å². The molecule has 0 fully saturated rings. The third-order valence-corrected chi connectivity index (χ3v) is 7.01. The molecule has 0 radical (unpaired) electrons.